The van der Waals surface area contributed by atoms with Crippen molar-refractivity contribution < 1.29 is 9.53 Å². The van der Waals surface area contributed by atoms with Crippen molar-refractivity contribution in [3.63, 3.8) is 0 Å². The normalized spacial score (nSPS) is 10.5. The molecule has 3 rings (SSSR count). The Morgan fingerprint density at radius 1 is 1.29 bits per heavy atom. The third-order valence-electron chi connectivity index (χ3n) is 3.95. The van der Waals surface area contributed by atoms with E-state index in [9.17, 15) is 9.59 Å². The van der Waals surface area contributed by atoms with Gasteiger partial charge < -0.3 is 10.1 Å². The second kappa shape index (κ2) is 8.95. The Kier molecular flexibility index (Phi) is 6.38. The largest absolute Gasteiger partial charge is 0.497 e. The Bertz CT molecular complexity index is 1070. The Labute approximate surface area is 171 Å². The summed E-state index contributed by atoms with van der Waals surface area (Å²) in [6.07, 6.45) is 3.11. The summed E-state index contributed by atoms with van der Waals surface area (Å²) >= 11 is 7.05. The number of thioether (sulfide) groups is 1. The second-order valence-corrected chi connectivity index (χ2v) is 7.31. The summed E-state index contributed by atoms with van der Waals surface area (Å²) in [7, 11) is 1.57. The third-order valence-corrected chi connectivity index (χ3v) is 5.15. The van der Waals surface area contributed by atoms with Gasteiger partial charge in [-0.15, -0.1) is 0 Å². The van der Waals surface area contributed by atoms with Crippen molar-refractivity contribution in [3.8, 4) is 11.4 Å². The van der Waals surface area contributed by atoms with Gasteiger partial charge in [-0.1, -0.05) is 35.5 Å². The van der Waals surface area contributed by atoms with E-state index in [0.29, 0.717) is 22.1 Å². The van der Waals surface area contributed by atoms with E-state index in [-0.39, 0.29) is 22.2 Å². The quantitative estimate of drug-likeness (QED) is 0.617. The van der Waals surface area contributed by atoms with Crippen molar-refractivity contribution in [2.45, 2.75) is 11.9 Å². The summed E-state index contributed by atoms with van der Waals surface area (Å²) in [5, 5.41) is 3.59. The Balaban J connectivity index is 1.73. The number of ether oxygens (including phenoxy) is 1. The SMILES string of the molecule is COc1cccc(-n2ccnc(SCC(=O)Nc3cc(Cl)ccc3C)c2=O)c1. The fourth-order valence-electron chi connectivity index (χ4n) is 2.51. The molecule has 1 aromatic heterocycles. The van der Waals surface area contributed by atoms with Crippen molar-refractivity contribution in [1.29, 1.82) is 0 Å². The molecule has 0 fully saturated rings. The number of halogens is 1. The molecule has 1 heterocycles. The van der Waals surface area contributed by atoms with Gasteiger partial charge in [-0.05, 0) is 36.8 Å². The van der Waals surface area contributed by atoms with Gasteiger partial charge in [0.25, 0.3) is 5.56 Å². The maximum absolute atomic E-state index is 12.7. The molecule has 1 amide bonds. The number of nitrogens with zero attached hydrogens (tertiary/aromatic N) is 2. The van der Waals surface area contributed by atoms with Crippen LogP contribution in [0, 0.1) is 6.92 Å². The number of methoxy groups -OCH3 is 1. The van der Waals surface area contributed by atoms with Crippen LogP contribution in [0.1, 0.15) is 5.56 Å². The van der Waals surface area contributed by atoms with Crippen LogP contribution in [0.15, 0.2) is 64.7 Å². The van der Waals surface area contributed by atoms with Crippen molar-refractivity contribution in [2.24, 2.45) is 0 Å². The summed E-state index contributed by atoms with van der Waals surface area (Å²) in [4.78, 5) is 29.1. The Hall–Kier alpha value is -2.77. The lowest BCUT2D eigenvalue weighted by molar-refractivity contribution is -0.113. The van der Waals surface area contributed by atoms with Crippen LogP contribution in [0.2, 0.25) is 5.02 Å². The molecule has 1 N–H and O–H groups in total. The molecular formula is C20H18ClN3O3S. The number of aryl methyl sites for hydroxylation is 1. The number of amides is 1. The van der Waals surface area contributed by atoms with E-state index in [1.165, 1.54) is 10.8 Å². The summed E-state index contributed by atoms with van der Waals surface area (Å²) in [5.74, 6) is 0.455. The number of nitrogens with one attached hydrogen (secondary N) is 1. The molecule has 144 valence electrons. The molecule has 0 saturated heterocycles. The zero-order valence-electron chi connectivity index (χ0n) is 15.3. The lowest BCUT2D eigenvalue weighted by atomic mass is 10.2. The number of anilines is 1. The third kappa shape index (κ3) is 4.74. The van der Waals surface area contributed by atoms with Gasteiger partial charge in [-0.3, -0.25) is 14.2 Å². The molecule has 0 bridgehead atoms. The fourth-order valence-corrected chi connectivity index (χ4v) is 3.37. The predicted octanol–water partition coefficient (Wildman–Crippen LogP) is 3.93. The van der Waals surface area contributed by atoms with Gasteiger partial charge in [-0.2, -0.15) is 0 Å². The summed E-state index contributed by atoms with van der Waals surface area (Å²) in [6.45, 7) is 1.88. The van der Waals surface area contributed by atoms with Crippen molar-refractivity contribution in [3.05, 3.63) is 75.8 Å². The zero-order chi connectivity index (χ0) is 20.1. The van der Waals surface area contributed by atoms with E-state index in [1.54, 1.807) is 49.7 Å². The maximum Gasteiger partial charge on any atom is 0.287 e. The first-order chi connectivity index (χ1) is 13.5. The first-order valence-electron chi connectivity index (χ1n) is 8.39. The van der Waals surface area contributed by atoms with Crippen molar-refractivity contribution in [1.82, 2.24) is 9.55 Å². The number of rotatable bonds is 6. The monoisotopic (exact) mass is 415 g/mol. The van der Waals surface area contributed by atoms with Crippen LogP contribution < -0.4 is 15.6 Å². The summed E-state index contributed by atoms with van der Waals surface area (Å²) in [6, 6.07) is 12.4. The molecule has 8 heteroatoms. The van der Waals surface area contributed by atoms with Crippen LogP contribution in [0.4, 0.5) is 5.69 Å². The zero-order valence-corrected chi connectivity index (χ0v) is 16.9. The van der Waals surface area contributed by atoms with Crippen LogP contribution in [0.5, 0.6) is 5.75 Å². The predicted molar refractivity (Wildman–Crippen MR) is 112 cm³/mol. The molecule has 0 aliphatic carbocycles. The number of aromatic nitrogens is 2. The van der Waals surface area contributed by atoms with Gasteiger partial charge in [0.1, 0.15) is 5.75 Å². The Morgan fingerprint density at radius 2 is 2.11 bits per heavy atom. The van der Waals surface area contributed by atoms with E-state index in [0.717, 1.165) is 17.3 Å². The summed E-state index contributed by atoms with van der Waals surface area (Å²) in [5.41, 5.74) is 1.91. The number of benzene rings is 2. The molecule has 0 spiro atoms. The van der Waals surface area contributed by atoms with Crippen molar-refractivity contribution >= 4 is 35.0 Å². The van der Waals surface area contributed by atoms with Gasteiger partial charge >= 0.3 is 0 Å². The Morgan fingerprint density at radius 3 is 2.89 bits per heavy atom. The average Bonchev–Trinajstić information content (AvgIpc) is 2.70. The second-order valence-electron chi connectivity index (χ2n) is 5.91. The van der Waals surface area contributed by atoms with Gasteiger partial charge in [-0.25, -0.2) is 4.98 Å². The standard InChI is InChI=1S/C20H18ClN3O3S/c1-13-6-7-14(21)10-17(13)23-18(25)12-28-19-20(26)24(9-8-22-19)15-4-3-5-16(11-15)27-2/h3-11H,12H2,1-2H3,(H,23,25). The van der Waals surface area contributed by atoms with Gasteiger partial charge in [0.15, 0.2) is 5.03 Å². The topological polar surface area (TPSA) is 73.2 Å². The molecule has 0 aliphatic rings. The average molecular weight is 416 g/mol. The van der Waals surface area contributed by atoms with Crippen LogP contribution >= 0.6 is 23.4 Å². The van der Waals surface area contributed by atoms with E-state index >= 15 is 0 Å². The minimum absolute atomic E-state index is 0.0519. The molecule has 28 heavy (non-hydrogen) atoms. The van der Waals surface area contributed by atoms with Crippen LogP contribution in [-0.4, -0.2) is 28.3 Å². The number of carbonyl (C=O) groups is 1. The molecule has 2 aromatic carbocycles. The lowest BCUT2D eigenvalue weighted by Crippen LogP contribution is -2.22. The van der Waals surface area contributed by atoms with Gasteiger partial charge in [0, 0.05) is 29.2 Å². The van der Waals surface area contributed by atoms with Crippen LogP contribution in [0.3, 0.4) is 0 Å². The lowest BCUT2D eigenvalue weighted by Gasteiger charge is -2.10. The smallest absolute Gasteiger partial charge is 0.287 e. The van der Waals surface area contributed by atoms with E-state index < -0.39 is 0 Å². The molecule has 0 unspecified atom stereocenters. The molecule has 6 nitrogen and oxygen atoms in total. The van der Waals surface area contributed by atoms with Crippen LogP contribution in [-0.2, 0) is 4.79 Å². The number of carbonyl (C=O) groups excluding carboxylic acids is 1. The number of hydrogen-bond donors (Lipinski definition) is 1. The van der Waals surface area contributed by atoms with E-state index in [1.807, 2.05) is 13.0 Å². The molecule has 3 aromatic rings. The maximum atomic E-state index is 12.7. The minimum atomic E-state index is -0.299. The van der Waals surface area contributed by atoms with Gasteiger partial charge in [0.05, 0.1) is 18.6 Å². The molecule has 0 aliphatic heterocycles. The van der Waals surface area contributed by atoms with E-state index in [2.05, 4.69) is 10.3 Å². The highest BCUT2D eigenvalue weighted by Crippen LogP contribution is 2.21. The first-order valence-corrected chi connectivity index (χ1v) is 9.75. The molecular weight excluding hydrogens is 398 g/mol. The van der Waals surface area contributed by atoms with Gasteiger partial charge in [0.2, 0.25) is 5.91 Å². The molecule has 0 saturated carbocycles. The highest BCUT2D eigenvalue weighted by atomic mass is 35.5. The fraction of sp³-hybridized carbons (Fsp3) is 0.150. The highest BCUT2D eigenvalue weighted by molar-refractivity contribution is 7.99. The van der Waals surface area contributed by atoms with Crippen molar-refractivity contribution in [2.75, 3.05) is 18.2 Å². The first kappa shape index (κ1) is 20.0. The summed E-state index contributed by atoms with van der Waals surface area (Å²) < 4.78 is 6.67. The molecule has 0 atom stereocenters. The minimum Gasteiger partial charge on any atom is -0.497 e. The number of hydrogen-bond acceptors (Lipinski definition) is 5. The molecule has 0 radical (unpaired) electrons. The van der Waals surface area contributed by atoms with E-state index in [4.69, 9.17) is 16.3 Å². The van der Waals surface area contributed by atoms with Crippen LogP contribution in [0.25, 0.3) is 5.69 Å². The highest BCUT2D eigenvalue weighted by Gasteiger charge is 2.11.